The highest BCUT2D eigenvalue weighted by Gasteiger charge is 2.29. The third kappa shape index (κ3) is 1.97. The van der Waals surface area contributed by atoms with E-state index in [2.05, 4.69) is 15.5 Å². The van der Waals surface area contributed by atoms with Crippen molar-refractivity contribution in [2.24, 2.45) is 5.73 Å². The number of nitrogens with zero attached hydrogens (tertiary/aromatic N) is 2. The second-order valence-electron chi connectivity index (χ2n) is 3.37. The summed E-state index contributed by atoms with van der Waals surface area (Å²) in [6, 6.07) is -0.0597. The fourth-order valence-electron chi connectivity index (χ4n) is 1.55. The van der Waals surface area contributed by atoms with Crippen molar-refractivity contribution < 1.29 is 14.1 Å². The van der Waals surface area contributed by atoms with Crippen molar-refractivity contribution in [3.63, 3.8) is 0 Å². The maximum absolute atomic E-state index is 10.7. The van der Waals surface area contributed by atoms with Crippen LogP contribution in [0, 0.1) is 0 Å². The van der Waals surface area contributed by atoms with Crippen LogP contribution in [0.5, 0.6) is 0 Å². The smallest absolute Gasteiger partial charge is 0.290 e. The number of methoxy groups -OCH3 is 1. The van der Waals surface area contributed by atoms with Gasteiger partial charge in [0.15, 0.2) is 0 Å². The number of hydrogen-bond acceptors (Lipinski definition) is 6. The number of hydrogen-bond donors (Lipinski definition) is 2. The Balaban J connectivity index is 2.07. The molecule has 7 nitrogen and oxygen atoms in total. The first-order valence-corrected chi connectivity index (χ1v) is 4.60. The van der Waals surface area contributed by atoms with Crippen LogP contribution in [-0.4, -0.2) is 35.8 Å². The van der Waals surface area contributed by atoms with Crippen LogP contribution in [0.2, 0.25) is 0 Å². The average Bonchev–Trinajstić information content (AvgIpc) is 2.86. The Labute approximate surface area is 86.0 Å². The van der Waals surface area contributed by atoms with Crippen molar-refractivity contribution in [1.82, 2.24) is 15.5 Å². The van der Waals surface area contributed by atoms with E-state index in [-0.39, 0.29) is 18.0 Å². The van der Waals surface area contributed by atoms with Crippen LogP contribution < -0.4 is 11.1 Å². The number of ether oxygens (including phenoxy) is 1. The van der Waals surface area contributed by atoms with Crippen LogP contribution in [0.3, 0.4) is 0 Å². The number of carbonyl (C=O) groups excluding carboxylic acids is 1. The molecule has 1 aliphatic rings. The van der Waals surface area contributed by atoms with Crippen LogP contribution in [0.4, 0.5) is 0 Å². The Hall–Kier alpha value is -1.47. The molecule has 7 heteroatoms. The molecular weight excluding hydrogens is 200 g/mol. The van der Waals surface area contributed by atoms with Gasteiger partial charge in [0.25, 0.3) is 11.7 Å². The van der Waals surface area contributed by atoms with Gasteiger partial charge in [-0.2, -0.15) is 4.98 Å². The van der Waals surface area contributed by atoms with Crippen LogP contribution >= 0.6 is 0 Å². The first kappa shape index (κ1) is 10.1. The second kappa shape index (κ2) is 3.95. The number of nitrogens with two attached hydrogens (primary N) is 1. The highest BCUT2D eigenvalue weighted by atomic mass is 16.5. The number of amides is 1. The van der Waals surface area contributed by atoms with Crippen molar-refractivity contribution in [3.05, 3.63) is 11.7 Å². The lowest BCUT2D eigenvalue weighted by molar-refractivity contribution is 0.0987. The molecule has 82 valence electrons. The number of nitrogens with one attached hydrogen (secondary N) is 1. The normalized spacial score (nSPS) is 25.7. The quantitative estimate of drug-likeness (QED) is 0.681. The van der Waals surface area contributed by atoms with Gasteiger partial charge in [-0.1, -0.05) is 5.16 Å². The molecule has 15 heavy (non-hydrogen) atoms. The van der Waals surface area contributed by atoms with E-state index in [1.165, 1.54) is 0 Å². The lowest BCUT2D eigenvalue weighted by Crippen LogP contribution is -2.17. The summed E-state index contributed by atoms with van der Waals surface area (Å²) in [5.74, 6) is -0.401. The number of carbonyl (C=O) groups is 1. The van der Waals surface area contributed by atoms with E-state index in [9.17, 15) is 4.79 Å². The largest absolute Gasteiger partial charge is 0.380 e. The van der Waals surface area contributed by atoms with Gasteiger partial charge in [-0.15, -0.1) is 0 Å². The summed E-state index contributed by atoms with van der Waals surface area (Å²) in [5.41, 5.74) is 5.01. The van der Waals surface area contributed by atoms with Gasteiger partial charge in [-0.05, 0) is 6.42 Å². The molecule has 1 fully saturated rings. The van der Waals surface area contributed by atoms with E-state index >= 15 is 0 Å². The van der Waals surface area contributed by atoms with Crippen LogP contribution in [-0.2, 0) is 4.74 Å². The third-order valence-electron chi connectivity index (χ3n) is 2.38. The summed E-state index contributed by atoms with van der Waals surface area (Å²) < 4.78 is 10.1. The number of primary amides is 1. The maximum Gasteiger partial charge on any atom is 0.290 e. The molecule has 0 spiro atoms. The van der Waals surface area contributed by atoms with Crippen molar-refractivity contribution in [2.45, 2.75) is 18.6 Å². The molecule has 0 unspecified atom stereocenters. The Kier molecular flexibility index (Phi) is 2.65. The zero-order chi connectivity index (χ0) is 10.8. The zero-order valence-corrected chi connectivity index (χ0v) is 8.27. The molecule has 1 aromatic heterocycles. The van der Waals surface area contributed by atoms with E-state index in [4.69, 9.17) is 15.0 Å². The SMILES string of the molecule is CO[C@@H]1CN[C@@H](c2nc(C(N)=O)no2)C1. The van der Waals surface area contributed by atoms with E-state index in [0.717, 1.165) is 13.0 Å². The first-order chi connectivity index (χ1) is 7.20. The highest BCUT2D eigenvalue weighted by molar-refractivity contribution is 5.88. The summed E-state index contributed by atoms with van der Waals surface area (Å²) in [4.78, 5) is 14.6. The Morgan fingerprint density at radius 2 is 2.53 bits per heavy atom. The predicted molar refractivity (Wildman–Crippen MR) is 49.0 cm³/mol. The molecule has 0 aliphatic carbocycles. The molecule has 1 amide bonds. The van der Waals surface area contributed by atoms with Crippen molar-refractivity contribution in [1.29, 1.82) is 0 Å². The minimum atomic E-state index is -0.689. The van der Waals surface area contributed by atoms with E-state index < -0.39 is 5.91 Å². The van der Waals surface area contributed by atoms with Gasteiger partial charge < -0.3 is 20.3 Å². The molecule has 3 N–H and O–H groups in total. The van der Waals surface area contributed by atoms with Gasteiger partial charge in [-0.3, -0.25) is 4.79 Å². The monoisotopic (exact) mass is 212 g/mol. The molecule has 2 heterocycles. The topological polar surface area (TPSA) is 103 Å². The van der Waals surface area contributed by atoms with E-state index in [0.29, 0.717) is 5.89 Å². The van der Waals surface area contributed by atoms with Gasteiger partial charge in [0.05, 0.1) is 12.1 Å². The van der Waals surface area contributed by atoms with Gasteiger partial charge in [0.1, 0.15) is 0 Å². The van der Waals surface area contributed by atoms with Crippen LogP contribution in [0.25, 0.3) is 0 Å². The van der Waals surface area contributed by atoms with E-state index in [1.54, 1.807) is 7.11 Å². The molecule has 2 rings (SSSR count). The first-order valence-electron chi connectivity index (χ1n) is 4.60. The van der Waals surface area contributed by atoms with Crippen LogP contribution in [0.1, 0.15) is 29.0 Å². The minimum absolute atomic E-state index is 0.0597. The maximum atomic E-state index is 10.7. The summed E-state index contributed by atoms with van der Waals surface area (Å²) in [6.07, 6.45) is 0.885. The van der Waals surface area contributed by atoms with E-state index in [1.807, 2.05) is 0 Å². The molecular formula is C8H12N4O3. The summed E-state index contributed by atoms with van der Waals surface area (Å²) in [5, 5.41) is 6.62. The number of rotatable bonds is 3. The Morgan fingerprint density at radius 3 is 3.07 bits per heavy atom. The molecule has 1 aliphatic heterocycles. The summed E-state index contributed by atoms with van der Waals surface area (Å²) >= 11 is 0. The third-order valence-corrected chi connectivity index (χ3v) is 2.38. The fourth-order valence-corrected chi connectivity index (χ4v) is 1.55. The second-order valence-corrected chi connectivity index (χ2v) is 3.37. The number of aromatic nitrogens is 2. The fraction of sp³-hybridized carbons (Fsp3) is 0.625. The molecule has 0 saturated carbocycles. The lowest BCUT2D eigenvalue weighted by Gasteiger charge is -2.03. The molecule has 2 atom stereocenters. The van der Waals surface area contributed by atoms with Crippen molar-refractivity contribution in [2.75, 3.05) is 13.7 Å². The summed E-state index contributed by atoms with van der Waals surface area (Å²) in [6.45, 7) is 0.732. The van der Waals surface area contributed by atoms with Crippen molar-refractivity contribution >= 4 is 5.91 Å². The Bertz CT molecular complexity index is 365. The van der Waals surface area contributed by atoms with Gasteiger partial charge in [0.2, 0.25) is 5.89 Å². The van der Waals surface area contributed by atoms with Gasteiger partial charge in [0, 0.05) is 13.7 Å². The predicted octanol–water partition coefficient (Wildman–Crippen LogP) is -0.782. The standard InChI is InChI=1S/C8H12N4O3/c1-14-4-2-5(10-3-4)8-11-7(6(9)13)12-15-8/h4-5,10H,2-3H2,1H3,(H2,9,13)/t4-,5+/m0/s1. The molecule has 0 radical (unpaired) electrons. The van der Waals surface area contributed by atoms with Gasteiger partial charge in [-0.25, -0.2) is 0 Å². The minimum Gasteiger partial charge on any atom is -0.380 e. The summed E-state index contributed by atoms with van der Waals surface area (Å²) in [7, 11) is 1.65. The molecule has 0 aromatic carbocycles. The molecule has 0 bridgehead atoms. The lowest BCUT2D eigenvalue weighted by atomic mass is 10.2. The molecule has 1 aromatic rings. The Morgan fingerprint density at radius 1 is 1.73 bits per heavy atom. The average molecular weight is 212 g/mol. The highest BCUT2D eigenvalue weighted by Crippen LogP contribution is 2.22. The van der Waals surface area contributed by atoms with Gasteiger partial charge >= 0.3 is 0 Å². The molecule has 1 saturated heterocycles. The van der Waals surface area contributed by atoms with Crippen molar-refractivity contribution in [3.8, 4) is 0 Å². The zero-order valence-electron chi connectivity index (χ0n) is 8.27. The van der Waals surface area contributed by atoms with Crippen LogP contribution in [0.15, 0.2) is 4.52 Å².